The molecule has 1 saturated heterocycles. The molecule has 1 fully saturated rings. The van der Waals surface area contributed by atoms with Crippen molar-refractivity contribution in [3.63, 3.8) is 0 Å². The van der Waals surface area contributed by atoms with E-state index in [4.69, 9.17) is 10.5 Å². The summed E-state index contributed by atoms with van der Waals surface area (Å²) in [5.41, 5.74) is 8.36. The Morgan fingerprint density at radius 1 is 1.33 bits per heavy atom. The largest absolute Gasteiger partial charge is 0.399 e. The fourth-order valence-electron chi connectivity index (χ4n) is 2.61. The number of hydrogen-bond donors (Lipinski definition) is 1. The molecule has 0 spiro atoms. The predicted molar refractivity (Wildman–Crippen MR) is 97.5 cm³/mol. The van der Waals surface area contributed by atoms with Crippen molar-refractivity contribution in [2.45, 2.75) is 12.5 Å². The van der Waals surface area contributed by atoms with Gasteiger partial charge in [-0.1, -0.05) is 12.1 Å². The van der Waals surface area contributed by atoms with Gasteiger partial charge in [0.15, 0.2) is 0 Å². The molecule has 1 atom stereocenters. The monoisotopic (exact) mass is 372 g/mol. The number of halogens is 2. The number of nitrogens with two attached hydrogens (primary N) is 1. The molecule has 24 heavy (non-hydrogen) atoms. The Bertz CT molecular complexity index is 660. The van der Waals surface area contributed by atoms with Crippen molar-refractivity contribution in [2.75, 3.05) is 25.4 Å². The molecule has 8 heteroatoms. The van der Waals surface area contributed by atoms with Crippen LogP contribution in [0.2, 0.25) is 0 Å². The van der Waals surface area contributed by atoms with E-state index in [0.29, 0.717) is 31.8 Å². The van der Waals surface area contributed by atoms with Crippen LogP contribution in [0.4, 0.5) is 5.69 Å². The van der Waals surface area contributed by atoms with E-state index in [-0.39, 0.29) is 36.8 Å². The zero-order chi connectivity index (χ0) is 15.5. The summed E-state index contributed by atoms with van der Waals surface area (Å²) in [7, 11) is 1.87. The molecule has 1 amide bonds. The molecule has 3 rings (SSSR count). The van der Waals surface area contributed by atoms with Crippen molar-refractivity contribution in [2.24, 2.45) is 7.05 Å². The zero-order valence-corrected chi connectivity index (χ0v) is 15.1. The van der Waals surface area contributed by atoms with Crippen molar-refractivity contribution in [3.05, 3.63) is 47.8 Å². The summed E-state index contributed by atoms with van der Waals surface area (Å²) in [6.45, 7) is 1.75. The number of nitrogen functional groups attached to an aromatic ring is 1. The zero-order valence-electron chi connectivity index (χ0n) is 13.4. The van der Waals surface area contributed by atoms with E-state index >= 15 is 0 Å². The van der Waals surface area contributed by atoms with E-state index in [1.165, 1.54) is 0 Å². The molecule has 1 aliphatic heterocycles. The number of carbonyl (C=O) groups is 1. The van der Waals surface area contributed by atoms with Gasteiger partial charge >= 0.3 is 0 Å². The van der Waals surface area contributed by atoms with Crippen LogP contribution in [0.25, 0.3) is 0 Å². The molecule has 0 saturated carbocycles. The lowest BCUT2D eigenvalue weighted by atomic mass is 10.1. The number of carbonyl (C=O) groups excluding carboxylic acids is 1. The second-order valence-electron chi connectivity index (χ2n) is 5.56. The van der Waals surface area contributed by atoms with Crippen LogP contribution in [0.3, 0.4) is 0 Å². The second kappa shape index (κ2) is 8.92. The molecule has 0 bridgehead atoms. The Morgan fingerprint density at radius 3 is 2.67 bits per heavy atom. The number of aryl methyl sites for hydroxylation is 1. The van der Waals surface area contributed by atoms with Crippen LogP contribution in [-0.4, -0.2) is 40.3 Å². The SMILES string of the molecule is Cl.Cl.Cn1cc(C2CN(C(=O)Cc3ccc(N)cc3)CCO2)cn1. The summed E-state index contributed by atoms with van der Waals surface area (Å²) in [6.07, 6.45) is 4.01. The number of benzene rings is 1. The Hall–Kier alpha value is -1.76. The van der Waals surface area contributed by atoms with Crippen LogP contribution >= 0.6 is 24.8 Å². The highest BCUT2D eigenvalue weighted by Gasteiger charge is 2.26. The van der Waals surface area contributed by atoms with E-state index in [1.54, 1.807) is 10.9 Å². The third-order valence-electron chi connectivity index (χ3n) is 3.85. The van der Waals surface area contributed by atoms with Crippen LogP contribution in [0.15, 0.2) is 36.7 Å². The quantitative estimate of drug-likeness (QED) is 0.836. The molecule has 2 N–H and O–H groups in total. The van der Waals surface area contributed by atoms with Crippen LogP contribution in [0.5, 0.6) is 0 Å². The highest BCUT2D eigenvalue weighted by Crippen LogP contribution is 2.22. The van der Waals surface area contributed by atoms with E-state index < -0.39 is 0 Å². The first kappa shape index (κ1) is 20.3. The van der Waals surface area contributed by atoms with Gasteiger partial charge in [-0.05, 0) is 17.7 Å². The number of nitrogens with zero attached hydrogens (tertiary/aromatic N) is 3. The average Bonchev–Trinajstić information content (AvgIpc) is 2.96. The highest BCUT2D eigenvalue weighted by molar-refractivity contribution is 5.85. The molecular weight excluding hydrogens is 351 g/mol. The Labute approximate surface area is 153 Å². The maximum absolute atomic E-state index is 12.5. The van der Waals surface area contributed by atoms with Crippen molar-refractivity contribution >= 4 is 36.4 Å². The van der Waals surface area contributed by atoms with Gasteiger partial charge in [0.05, 0.1) is 25.8 Å². The van der Waals surface area contributed by atoms with Gasteiger partial charge in [-0.15, -0.1) is 24.8 Å². The van der Waals surface area contributed by atoms with Crippen molar-refractivity contribution < 1.29 is 9.53 Å². The van der Waals surface area contributed by atoms with Gasteiger partial charge < -0.3 is 15.4 Å². The summed E-state index contributed by atoms with van der Waals surface area (Å²) < 4.78 is 7.50. The standard InChI is InChI=1S/C16H20N4O2.2ClH/c1-19-10-13(9-18-19)15-11-20(6-7-22-15)16(21)8-12-2-4-14(17)5-3-12;;/h2-5,9-10,15H,6-8,11,17H2,1H3;2*1H. The fraction of sp³-hybridized carbons (Fsp3) is 0.375. The maximum atomic E-state index is 12.5. The lowest BCUT2D eigenvalue weighted by molar-refractivity contribution is -0.138. The van der Waals surface area contributed by atoms with Crippen LogP contribution in [0, 0.1) is 0 Å². The van der Waals surface area contributed by atoms with Gasteiger partial charge in [-0.2, -0.15) is 5.10 Å². The van der Waals surface area contributed by atoms with E-state index in [9.17, 15) is 4.79 Å². The molecule has 1 aromatic heterocycles. The Balaban J connectivity index is 0.00000144. The maximum Gasteiger partial charge on any atom is 0.227 e. The first-order valence-corrected chi connectivity index (χ1v) is 7.34. The summed E-state index contributed by atoms with van der Waals surface area (Å²) in [5.74, 6) is 0.113. The van der Waals surface area contributed by atoms with Crippen molar-refractivity contribution in [3.8, 4) is 0 Å². The minimum Gasteiger partial charge on any atom is -0.399 e. The van der Waals surface area contributed by atoms with Gasteiger partial charge in [0, 0.05) is 31.0 Å². The molecule has 0 radical (unpaired) electrons. The van der Waals surface area contributed by atoms with Gasteiger partial charge in [0.1, 0.15) is 6.10 Å². The minimum absolute atomic E-state index is 0. The summed E-state index contributed by atoms with van der Waals surface area (Å²) >= 11 is 0. The third kappa shape index (κ3) is 4.87. The highest BCUT2D eigenvalue weighted by atomic mass is 35.5. The Kier molecular flexibility index (Phi) is 7.54. The molecule has 0 aliphatic carbocycles. The number of anilines is 1. The summed E-state index contributed by atoms with van der Waals surface area (Å²) in [5, 5.41) is 4.16. The van der Waals surface area contributed by atoms with Gasteiger partial charge in [0.25, 0.3) is 0 Å². The third-order valence-corrected chi connectivity index (χ3v) is 3.85. The number of amides is 1. The fourth-order valence-corrected chi connectivity index (χ4v) is 2.61. The molecule has 132 valence electrons. The van der Waals surface area contributed by atoms with Crippen LogP contribution in [-0.2, 0) is 23.0 Å². The lowest BCUT2D eigenvalue weighted by Gasteiger charge is -2.32. The van der Waals surface area contributed by atoms with Crippen molar-refractivity contribution in [1.29, 1.82) is 0 Å². The smallest absolute Gasteiger partial charge is 0.227 e. The van der Waals surface area contributed by atoms with Crippen LogP contribution in [0.1, 0.15) is 17.2 Å². The molecule has 1 unspecified atom stereocenters. The summed E-state index contributed by atoms with van der Waals surface area (Å²) in [4.78, 5) is 14.3. The summed E-state index contributed by atoms with van der Waals surface area (Å²) in [6, 6.07) is 7.43. The average molecular weight is 373 g/mol. The topological polar surface area (TPSA) is 73.4 Å². The molecule has 1 aromatic carbocycles. The van der Waals surface area contributed by atoms with Crippen molar-refractivity contribution in [1.82, 2.24) is 14.7 Å². The normalized spacial score (nSPS) is 16.9. The number of hydrogen-bond acceptors (Lipinski definition) is 4. The molecular formula is C16H22Cl2N4O2. The molecule has 2 heterocycles. The number of ether oxygens (including phenoxy) is 1. The minimum atomic E-state index is -0.0992. The predicted octanol–water partition coefficient (Wildman–Crippen LogP) is 1.99. The van der Waals surface area contributed by atoms with Gasteiger partial charge in [-0.25, -0.2) is 0 Å². The number of morpholine rings is 1. The Morgan fingerprint density at radius 2 is 2.04 bits per heavy atom. The van der Waals surface area contributed by atoms with E-state index in [0.717, 1.165) is 11.1 Å². The van der Waals surface area contributed by atoms with Gasteiger partial charge in [-0.3, -0.25) is 9.48 Å². The second-order valence-corrected chi connectivity index (χ2v) is 5.56. The van der Waals surface area contributed by atoms with E-state index in [2.05, 4.69) is 5.10 Å². The van der Waals surface area contributed by atoms with E-state index in [1.807, 2.05) is 42.4 Å². The first-order valence-electron chi connectivity index (χ1n) is 7.34. The molecule has 1 aliphatic rings. The first-order chi connectivity index (χ1) is 10.6. The number of rotatable bonds is 3. The lowest BCUT2D eigenvalue weighted by Crippen LogP contribution is -2.42. The molecule has 2 aromatic rings. The van der Waals surface area contributed by atoms with Crippen LogP contribution < -0.4 is 5.73 Å². The van der Waals surface area contributed by atoms with Gasteiger partial charge in [0.2, 0.25) is 5.91 Å². The molecule has 6 nitrogen and oxygen atoms in total. The number of aromatic nitrogens is 2.